The number of β-amino-alcohol motifs (C(OH)–C–C–N with tert-alkyl or cyclic N) is 1. The molecule has 46 heavy (non-hydrogen) atoms. The van der Waals surface area contributed by atoms with Crippen LogP contribution in [0, 0.1) is 13.8 Å². The number of halogens is 2. The highest BCUT2D eigenvalue weighted by molar-refractivity contribution is 7.89. The average Bonchev–Trinajstić information content (AvgIpc) is 3.38. The van der Waals surface area contributed by atoms with E-state index in [0.717, 1.165) is 20.9 Å². The summed E-state index contributed by atoms with van der Waals surface area (Å²) in [5.41, 5.74) is 2.13. The molecule has 3 aromatic rings. The highest BCUT2D eigenvalue weighted by Gasteiger charge is 2.46. The van der Waals surface area contributed by atoms with Gasteiger partial charge in [0.2, 0.25) is 15.9 Å². The largest absolute Gasteiger partial charge is 0.487 e. The predicted molar refractivity (Wildman–Crippen MR) is 175 cm³/mol. The summed E-state index contributed by atoms with van der Waals surface area (Å²) in [6.07, 6.45) is -1.59. The van der Waals surface area contributed by atoms with Crippen molar-refractivity contribution in [3.8, 4) is 5.75 Å². The smallest absolute Gasteiger partial charge is 0.410 e. The monoisotopic (exact) mass is 692 g/mol. The van der Waals surface area contributed by atoms with Crippen molar-refractivity contribution in [3.63, 3.8) is 0 Å². The summed E-state index contributed by atoms with van der Waals surface area (Å²) < 4.78 is 40.6. The van der Waals surface area contributed by atoms with Crippen LogP contribution >= 0.6 is 23.2 Å². The number of aromatic nitrogens is 1. The number of pyridine rings is 1. The van der Waals surface area contributed by atoms with Crippen molar-refractivity contribution in [1.82, 2.24) is 19.1 Å². The van der Waals surface area contributed by atoms with E-state index in [1.54, 1.807) is 26.8 Å². The fourth-order valence-electron chi connectivity index (χ4n) is 5.78. The Bertz CT molecular complexity index is 1770. The van der Waals surface area contributed by atoms with Gasteiger partial charge in [0.05, 0.1) is 11.1 Å². The maximum absolute atomic E-state index is 14.1. The van der Waals surface area contributed by atoms with Gasteiger partial charge < -0.3 is 24.4 Å². The number of amides is 2. The van der Waals surface area contributed by atoms with Gasteiger partial charge in [0.15, 0.2) is 0 Å². The molecule has 0 radical (unpaired) electrons. The summed E-state index contributed by atoms with van der Waals surface area (Å²) in [5, 5.41) is 11.5. The molecule has 1 N–H and O–H groups in total. The fraction of sp³-hybridized carbons (Fsp3) is 0.469. The fourth-order valence-corrected chi connectivity index (χ4v) is 8.27. The quantitative estimate of drug-likeness (QED) is 0.385. The number of rotatable bonds is 6. The van der Waals surface area contributed by atoms with E-state index in [1.807, 2.05) is 32.0 Å². The first kappa shape index (κ1) is 34.2. The van der Waals surface area contributed by atoms with Crippen LogP contribution in [-0.4, -0.2) is 95.1 Å². The number of piperazine rings is 1. The van der Waals surface area contributed by atoms with Gasteiger partial charge >= 0.3 is 6.09 Å². The van der Waals surface area contributed by atoms with E-state index in [1.165, 1.54) is 21.9 Å². The SMILES string of the molecule is Cc1cc(C)c2cccc(OCc3c(Cl)ccc(S(=O)(=O)N4C[C@H](O)C[C@H]4C(=O)N4CCN(C(=O)OC(C)(C)C)CC4)c3Cl)c2n1. The summed E-state index contributed by atoms with van der Waals surface area (Å²) >= 11 is 13.2. The Labute approximate surface area is 279 Å². The van der Waals surface area contributed by atoms with Crippen LogP contribution in [0.1, 0.15) is 44.0 Å². The number of benzene rings is 2. The lowest BCUT2D eigenvalue weighted by Gasteiger charge is -2.37. The van der Waals surface area contributed by atoms with Crippen molar-refractivity contribution >= 4 is 56.1 Å². The van der Waals surface area contributed by atoms with Crippen LogP contribution in [0.5, 0.6) is 5.75 Å². The molecular weight excluding hydrogens is 655 g/mol. The molecule has 0 spiro atoms. The lowest BCUT2D eigenvalue weighted by atomic mass is 10.1. The van der Waals surface area contributed by atoms with Crippen LogP contribution in [0.2, 0.25) is 10.0 Å². The Morgan fingerprint density at radius 2 is 1.72 bits per heavy atom. The summed E-state index contributed by atoms with van der Waals surface area (Å²) in [6, 6.07) is 9.11. The van der Waals surface area contributed by atoms with Crippen LogP contribution in [0.4, 0.5) is 4.79 Å². The first-order valence-corrected chi connectivity index (χ1v) is 17.2. The van der Waals surface area contributed by atoms with Crippen molar-refractivity contribution < 1.29 is 32.6 Å². The number of hydrogen-bond donors (Lipinski definition) is 1. The molecule has 2 aliphatic heterocycles. The van der Waals surface area contributed by atoms with Gasteiger partial charge in [0, 0.05) is 60.8 Å². The first-order chi connectivity index (χ1) is 21.6. The zero-order chi connectivity index (χ0) is 33.6. The zero-order valence-electron chi connectivity index (χ0n) is 26.4. The summed E-state index contributed by atoms with van der Waals surface area (Å²) in [4.78, 5) is 33.5. The Balaban J connectivity index is 1.35. The van der Waals surface area contributed by atoms with Gasteiger partial charge in [-0.3, -0.25) is 4.79 Å². The minimum Gasteiger partial charge on any atom is -0.487 e. The molecule has 14 heteroatoms. The second-order valence-corrected chi connectivity index (χ2v) is 15.3. The van der Waals surface area contributed by atoms with Gasteiger partial charge in [-0.25, -0.2) is 18.2 Å². The van der Waals surface area contributed by atoms with Gasteiger partial charge in [-0.15, -0.1) is 0 Å². The molecule has 2 fully saturated rings. The normalized spacial score (nSPS) is 19.5. The highest BCUT2D eigenvalue weighted by Crippen LogP contribution is 2.37. The Morgan fingerprint density at radius 1 is 1.04 bits per heavy atom. The first-order valence-electron chi connectivity index (χ1n) is 15.0. The van der Waals surface area contributed by atoms with Crippen LogP contribution in [-0.2, 0) is 26.2 Å². The molecule has 0 saturated carbocycles. The number of ether oxygens (including phenoxy) is 2. The van der Waals surface area contributed by atoms with E-state index in [4.69, 9.17) is 32.7 Å². The molecule has 0 unspecified atom stereocenters. The third-order valence-corrected chi connectivity index (χ3v) is 10.8. The number of fused-ring (bicyclic) bond motifs is 1. The van der Waals surface area contributed by atoms with Crippen molar-refractivity contribution in [3.05, 3.63) is 63.3 Å². The molecule has 2 aromatic carbocycles. The second kappa shape index (κ2) is 13.2. The molecule has 0 aliphatic carbocycles. The number of aliphatic hydroxyl groups is 1. The molecule has 2 atom stereocenters. The van der Waals surface area contributed by atoms with Crippen LogP contribution in [0.25, 0.3) is 10.9 Å². The number of aryl methyl sites for hydroxylation is 2. The maximum Gasteiger partial charge on any atom is 0.410 e. The molecule has 1 aromatic heterocycles. The van der Waals surface area contributed by atoms with Crippen LogP contribution in [0.15, 0.2) is 41.3 Å². The number of carbonyl (C=O) groups is 2. The van der Waals surface area contributed by atoms with Gasteiger partial charge in [-0.05, 0) is 64.4 Å². The lowest BCUT2D eigenvalue weighted by Crippen LogP contribution is -2.55. The predicted octanol–water partition coefficient (Wildman–Crippen LogP) is 4.94. The lowest BCUT2D eigenvalue weighted by molar-refractivity contribution is -0.136. The Hall–Kier alpha value is -3.16. The van der Waals surface area contributed by atoms with Gasteiger partial charge in [-0.2, -0.15) is 4.31 Å². The number of carbonyl (C=O) groups excluding carboxylic acids is 2. The molecule has 2 saturated heterocycles. The Morgan fingerprint density at radius 3 is 2.39 bits per heavy atom. The van der Waals surface area contributed by atoms with Gasteiger partial charge in [0.1, 0.15) is 34.4 Å². The molecule has 2 amide bonds. The maximum atomic E-state index is 14.1. The molecule has 0 bridgehead atoms. The number of hydrogen-bond acceptors (Lipinski definition) is 8. The van der Waals surface area contributed by atoms with E-state index in [0.29, 0.717) is 11.3 Å². The van der Waals surface area contributed by atoms with Crippen LogP contribution < -0.4 is 4.74 Å². The van der Waals surface area contributed by atoms with Gasteiger partial charge in [-0.1, -0.05) is 35.3 Å². The standard InChI is InChI=1S/C32H38Cl2N4O7S/c1-19-15-20(2)35-29-22(19)7-6-8-26(29)44-18-23-24(33)9-10-27(28(23)34)46(42,43)38-17-21(39)16-25(38)30(40)36-11-13-37(14-12-36)31(41)45-32(3,4)5/h6-10,15,21,25,39H,11-14,16-18H2,1-5H3/t21-,25+/m1/s1. The molecule has 248 valence electrons. The Kier molecular flexibility index (Phi) is 9.77. The topological polar surface area (TPSA) is 130 Å². The summed E-state index contributed by atoms with van der Waals surface area (Å²) in [5.74, 6) is 0.0384. The van der Waals surface area contributed by atoms with Gasteiger partial charge in [0.25, 0.3) is 0 Å². The zero-order valence-corrected chi connectivity index (χ0v) is 28.7. The number of aliphatic hydroxyl groups excluding tert-OH is 1. The molecular formula is C32H38Cl2N4O7S. The van der Waals surface area contributed by atoms with E-state index < -0.39 is 39.8 Å². The third-order valence-electron chi connectivity index (χ3n) is 8.01. The minimum atomic E-state index is -4.36. The third kappa shape index (κ3) is 7.06. The number of sulfonamides is 1. The van der Waals surface area contributed by atoms with E-state index >= 15 is 0 Å². The minimum absolute atomic E-state index is 0.0710. The highest BCUT2D eigenvalue weighted by atomic mass is 35.5. The number of para-hydroxylation sites is 1. The van der Waals surface area contributed by atoms with Crippen molar-refractivity contribution in [2.75, 3.05) is 32.7 Å². The molecule has 11 nitrogen and oxygen atoms in total. The molecule has 3 heterocycles. The van der Waals surface area contributed by atoms with Crippen molar-refractivity contribution in [1.29, 1.82) is 0 Å². The summed E-state index contributed by atoms with van der Waals surface area (Å²) in [6.45, 7) is 9.66. The van der Waals surface area contributed by atoms with E-state index in [9.17, 15) is 23.1 Å². The average molecular weight is 694 g/mol. The van der Waals surface area contributed by atoms with Crippen LogP contribution in [0.3, 0.4) is 0 Å². The molecule has 5 rings (SSSR count). The van der Waals surface area contributed by atoms with Crippen molar-refractivity contribution in [2.24, 2.45) is 0 Å². The van der Waals surface area contributed by atoms with E-state index in [2.05, 4.69) is 4.98 Å². The van der Waals surface area contributed by atoms with E-state index in [-0.39, 0.29) is 66.3 Å². The summed E-state index contributed by atoms with van der Waals surface area (Å²) in [7, 11) is -4.36. The second-order valence-electron chi connectivity index (χ2n) is 12.6. The molecule has 2 aliphatic rings. The number of nitrogens with zero attached hydrogens (tertiary/aromatic N) is 4. The van der Waals surface area contributed by atoms with Crippen molar-refractivity contribution in [2.45, 2.75) is 70.3 Å².